The number of hydrogen-bond donors (Lipinski definition) is 1. The molecule has 1 amide bonds. The summed E-state index contributed by atoms with van der Waals surface area (Å²) in [4.78, 5) is 30.4. The molecule has 0 unspecified atom stereocenters. The highest BCUT2D eigenvalue weighted by molar-refractivity contribution is 9.10. The van der Waals surface area contributed by atoms with Gasteiger partial charge in [-0.05, 0) is 70.5 Å². The Kier molecular flexibility index (Phi) is 8.69. The number of fused-ring (bicyclic) bond motifs is 1. The first kappa shape index (κ1) is 27.3. The zero-order valence-electron chi connectivity index (χ0n) is 19.6. The van der Waals surface area contributed by atoms with E-state index in [-0.39, 0.29) is 24.0 Å². The van der Waals surface area contributed by atoms with E-state index in [1.807, 2.05) is 19.9 Å². The Morgan fingerprint density at radius 3 is 2.54 bits per heavy atom. The third kappa shape index (κ3) is 6.59. The molecule has 0 aliphatic rings. The van der Waals surface area contributed by atoms with Crippen molar-refractivity contribution in [1.29, 1.82) is 0 Å². The number of ether oxygens (including phenoxy) is 1. The lowest BCUT2D eigenvalue weighted by atomic mass is 10.2. The Labute approximate surface area is 239 Å². The number of carbonyl (C=O) groups is 1. The summed E-state index contributed by atoms with van der Waals surface area (Å²) in [5.41, 5.74) is 1.34. The number of nitrogens with one attached hydrogen (secondary N) is 1. The second-order valence-corrected chi connectivity index (χ2v) is 10.9. The minimum atomic E-state index is -0.366. The molecular weight excluding hydrogens is 647 g/mol. The van der Waals surface area contributed by atoms with Gasteiger partial charge in [-0.1, -0.05) is 53.0 Å². The van der Waals surface area contributed by atoms with E-state index in [9.17, 15) is 9.59 Å². The number of halogens is 4. The Hall–Kier alpha value is -2.72. The highest BCUT2D eigenvalue weighted by atomic mass is 79.9. The molecule has 0 fully saturated rings. The Balaban J connectivity index is 1.66. The number of amides is 1. The van der Waals surface area contributed by atoms with Crippen LogP contribution in [0.15, 0.2) is 73.4 Å². The molecule has 0 saturated heterocycles. The van der Waals surface area contributed by atoms with Gasteiger partial charge in [0.25, 0.3) is 11.5 Å². The fourth-order valence-electron chi connectivity index (χ4n) is 3.47. The van der Waals surface area contributed by atoms with Crippen LogP contribution in [0.5, 0.6) is 5.75 Å². The average Bonchev–Trinajstić information content (AvgIpc) is 2.84. The van der Waals surface area contributed by atoms with Gasteiger partial charge in [0.15, 0.2) is 6.61 Å². The molecule has 4 rings (SSSR count). The monoisotopic (exact) mass is 664 g/mol. The van der Waals surface area contributed by atoms with Crippen molar-refractivity contribution in [2.24, 2.45) is 5.10 Å². The highest BCUT2D eigenvalue weighted by Gasteiger charge is 2.16. The summed E-state index contributed by atoms with van der Waals surface area (Å²) in [5, 5.41) is 8.61. The van der Waals surface area contributed by atoms with Crippen LogP contribution in [0.4, 0.5) is 5.69 Å². The summed E-state index contributed by atoms with van der Waals surface area (Å²) < 4.78 is 8.38. The van der Waals surface area contributed by atoms with E-state index < -0.39 is 0 Å². The molecule has 1 heterocycles. The van der Waals surface area contributed by atoms with Gasteiger partial charge in [0.1, 0.15) is 11.6 Å². The summed E-state index contributed by atoms with van der Waals surface area (Å²) in [6.07, 6.45) is 1.46. The van der Waals surface area contributed by atoms with Gasteiger partial charge in [-0.3, -0.25) is 9.59 Å². The zero-order chi connectivity index (χ0) is 26.7. The van der Waals surface area contributed by atoms with Crippen molar-refractivity contribution in [3.8, 4) is 5.75 Å². The van der Waals surface area contributed by atoms with Crippen molar-refractivity contribution >= 4 is 83.8 Å². The van der Waals surface area contributed by atoms with Crippen LogP contribution in [0.3, 0.4) is 0 Å². The number of nitrogens with zero attached hydrogens (tertiary/aromatic N) is 3. The maximum absolute atomic E-state index is 13.3. The van der Waals surface area contributed by atoms with Gasteiger partial charge in [0.2, 0.25) is 0 Å². The second kappa shape index (κ2) is 11.8. The van der Waals surface area contributed by atoms with E-state index in [1.54, 1.807) is 48.5 Å². The van der Waals surface area contributed by atoms with Crippen molar-refractivity contribution in [3.63, 3.8) is 0 Å². The fourth-order valence-corrected chi connectivity index (χ4v) is 4.90. The molecule has 190 valence electrons. The number of carbonyl (C=O) groups excluding carboxylic acids is 1. The standard InChI is InChI=1S/C26H20Br2Cl2N4O3/c1-14(2)25-33-22-8-3-16(27)10-20(22)26(36)34(25)31-12-15-9-18(30)11-21(28)24(15)37-13-23(35)32-19-6-4-17(29)5-7-19/h3-12,14H,13H2,1-2H3,(H,32,35). The van der Waals surface area contributed by atoms with E-state index in [0.717, 1.165) is 4.47 Å². The van der Waals surface area contributed by atoms with Gasteiger partial charge in [-0.2, -0.15) is 9.78 Å². The van der Waals surface area contributed by atoms with Gasteiger partial charge in [-0.25, -0.2) is 4.98 Å². The van der Waals surface area contributed by atoms with Crippen molar-refractivity contribution < 1.29 is 9.53 Å². The van der Waals surface area contributed by atoms with Crippen LogP contribution >= 0.6 is 55.1 Å². The summed E-state index contributed by atoms with van der Waals surface area (Å²) in [5.74, 6) is 0.406. The van der Waals surface area contributed by atoms with Crippen LogP contribution < -0.4 is 15.6 Å². The largest absolute Gasteiger partial charge is 0.482 e. The van der Waals surface area contributed by atoms with E-state index in [0.29, 0.717) is 48.2 Å². The van der Waals surface area contributed by atoms with Crippen molar-refractivity contribution in [3.05, 3.63) is 95.3 Å². The lowest BCUT2D eigenvalue weighted by Crippen LogP contribution is -2.23. The van der Waals surface area contributed by atoms with Gasteiger partial charge >= 0.3 is 0 Å². The molecule has 7 nitrogen and oxygen atoms in total. The second-order valence-electron chi connectivity index (χ2n) is 8.30. The summed E-state index contributed by atoms with van der Waals surface area (Å²) in [6.45, 7) is 3.59. The molecule has 37 heavy (non-hydrogen) atoms. The summed E-state index contributed by atoms with van der Waals surface area (Å²) >= 11 is 19.0. The molecule has 4 aromatic rings. The fraction of sp³-hybridized carbons (Fsp3) is 0.154. The van der Waals surface area contributed by atoms with Crippen LogP contribution in [0.25, 0.3) is 10.9 Å². The molecule has 0 bridgehead atoms. The van der Waals surface area contributed by atoms with E-state index in [1.165, 1.54) is 10.9 Å². The number of rotatable bonds is 7. The first-order chi connectivity index (χ1) is 17.6. The van der Waals surface area contributed by atoms with E-state index >= 15 is 0 Å². The highest BCUT2D eigenvalue weighted by Crippen LogP contribution is 2.32. The minimum Gasteiger partial charge on any atom is -0.482 e. The maximum atomic E-state index is 13.3. The van der Waals surface area contributed by atoms with Gasteiger partial charge in [-0.15, -0.1) is 0 Å². The summed E-state index contributed by atoms with van der Waals surface area (Å²) in [6, 6.07) is 15.3. The smallest absolute Gasteiger partial charge is 0.282 e. The normalized spacial score (nSPS) is 11.4. The number of aromatic nitrogens is 2. The molecule has 1 aromatic heterocycles. The molecule has 0 aliphatic heterocycles. The van der Waals surface area contributed by atoms with Crippen molar-refractivity contribution in [1.82, 2.24) is 9.66 Å². The maximum Gasteiger partial charge on any atom is 0.282 e. The van der Waals surface area contributed by atoms with Crippen LogP contribution in [0, 0.1) is 0 Å². The zero-order valence-corrected chi connectivity index (χ0v) is 24.3. The molecular formula is C26H20Br2Cl2N4O3. The number of benzene rings is 3. The van der Waals surface area contributed by atoms with Gasteiger partial charge < -0.3 is 10.1 Å². The predicted octanol–water partition coefficient (Wildman–Crippen LogP) is 7.25. The average molecular weight is 667 g/mol. The van der Waals surface area contributed by atoms with Crippen LogP contribution in [0.1, 0.15) is 31.2 Å². The summed E-state index contributed by atoms with van der Waals surface area (Å²) in [7, 11) is 0. The van der Waals surface area contributed by atoms with E-state index in [4.69, 9.17) is 27.9 Å². The lowest BCUT2D eigenvalue weighted by molar-refractivity contribution is -0.118. The molecule has 0 aliphatic carbocycles. The first-order valence-electron chi connectivity index (χ1n) is 11.1. The molecule has 3 aromatic carbocycles. The van der Waals surface area contributed by atoms with E-state index in [2.05, 4.69) is 47.3 Å². The number of anilines is 1. The van der Waals surface area contributed by atoms with Crippen LogP contribution in [0.2, 0.25) is 10.0 Å². The third-order valence-electron chi connectivity index (χ3n) is 5.17. The SMILES string of the molecule is CC(C)c1nc2ccc(Br)cc2c(=O)n1N=Cc1cc(Cl)cc(Br)c1OCC(=O)Nc1ccc(Cl)cc1. The number of hydrogen-bond acceptors (Lipinski definition) is 5. The van der Waals surface area contributed by atoms with Crippen LogP contribution in [-0.2, 0) is 4.79 Å². The predicted molar refractivity (Wildman–Crippen MR) is 156 cm³/mol. The first-order valence-corrected chi connectivity index (χ1v) is 13.4. The van der Waals surface area contributed by atoms with Gasteiger partial charge in [0.05, 0.1) is 21.6 Å². The van der Waals surface area contributed by atoms with Gasteiger partial charge in [0, 0.05) is 31.7 Å². The Morgan fingerprint density at radius 2 is 1.84 bits per heavy atom. The molecule has 0 atom stereocenters. The minimum absolute atomic E-state index is 0.0729. The molecule has 0 radical (unpaired) electrons. The third-order valence-corrected chi connectivity index (χ3v) is 6.73. The Morgan fingerprint density at radius 1 is 1.11 bits per heavy atom. The topological polar surface area (TPSA) is 85.6 Å². The molecule has 1 N–H and O–H groups in total. The van der Waals surface area contributed by atoms with Crippen molar-refractivity contribution in [2.45, 2.75) is 19.8 Å². The molecule has 0 saturated carbocycles. The quantitative estimate of drug-likeness (QED) is 0.211. The van der Waals surface area contributed by atoms with Crippen molar-refractivity contribution in [2.75, 3.05) is 11.9 Å². The molecule has 0 spiro atoms. The molecule has 11 heteroatoms. The van der Waals surface area contributed by atoms with Crippen LogP contribution in [-0.4, -0.2) is 28.4 Å². The lowest BCUT2D eigenvalue weighted by Gasteiger charge is -2.14. The Bertz CT molecular complexity index is 1570.